The van der Waals surface area contributed by atoms with Gasteiger partial charge in [-0.15, -0.1) is 0 Å². The number of anilines is 2. The van der Waals surface area contributed by atoms with Crippen LogP contribution in [-0.2, 0) is 14.8 Å². The summed E-state index contributed by atoms with van der Waals surface area (Å²) >= 11 is 0. The Kier molecular flexibility index (Phi) is 7.29. The molecule has 0 spiro atoms. The van der Waals surface area contributed by atoms with Gasteiger partial charge in [0.25, 0.3) is 0 Å². The largest absolute Gasteiger partial charge is 0.326 e. The predicted molar refractivity (Wildman–Crippen MR) is 120 cm³/mol. The van der Waals surface area contributed by atoms with E-state index < -0.39 is 28.0 Å². The number of para-hydroxylation sites is 1. The number of urea groups is 1. The summed E-state index contributed by atoms with van der Waals surface area (Å²) in [6, 6.07) is 12.3. The molecule has 1 aliphatic heterocycles. The zero-order valence-corrected chi connectivity index (χ0v) is 18.5. The van der Waals surface area contributed by atoms with Crippen molar-refractivity contribution in [2.75, 3.05) is 23.7 Å². The fraction of sp³-hybridized carbons (Fsp3) is 0.364. The molecule has 1 unspecified atom stereocenters. The Hall–Kier alpha value is -2.91. The first-order valence-electron chi connectivity index (χ1n) is 10.3. The minimum absolute atomic E-state index is 0.151. The van der Waals surface area contributed by atoms with Crippen molar-refractivity contribution in [2.24, 2.45) is 0 Å². The van der Waals surface area contributed by atoms with Crippen LogP contribution in [0.2, 0.25) is 0 Å². The molecule has 3 amide bonds. The Morgan fingerprint density at radius 1 is 0.968 bits per heavy atom. The van der Waals surface area contributed by atoms with E-state index in [4.69, 9.17) is 0 Å². The molecule has 0 bridgehead atoms. The van der Waals surface area contributed by atoms with E-state index in [1.165, 1.54) is 10.4 Å². The monoisotopic (exact) mass is 444 g/mol. The molecule has 3 rings (SSSR count). The molecule has 3 N–H and O–H groups in total. The molecule has 1 saturated heterocycles. The number of nitrogens with zero attached hydrogens (tertiary/aromatic N) is 1. The van der Waals surface area contributed by atoms with E-state index in [2.05, 4.69) is 16.0 Å². The number of piperidine rings is 1. The molecule has 1 atom stereocenters. The third-order valence-electron chi connectivity index (χ3n) is 5.19. The Bertz CT molecular complexity index is 1030. The summed E-state index contributed by atoms with van der Waals surface area (Å²) in [5.41, 5.74) is 1.74. The van der Waals surface area contributed by atoms with Gasteiger partial charge in [0.05, 0.1) is 4.90 Å². The molecule has 1 fully saturated rings. The SMILES string of the molecule is Cc1ccc(S(=O)(=O)N2CCCCC2)cc1NC(=O)C(C)NC(=O)Nc1ccccc1. The quantitative estimate of drug-likeness (QED) is 0.635. The highest BCUT2D eigenvalue weighted by Crippen LogP contribution is 2.25. The van der Waals surface area contributed by atoms with Gasteiger partial charge in [0.1, 0.15) is 6.04 Å². The fourth-order valence-corrected chi connectivity index (χ4v) is 4.89. The summed E-state index contributed by atoms with van der Waals surface area (Å²) in [7, 11) is -3.61. The lowest BCUT2D eigenvalue weighted by Crippen LogP contribution is -2.43. The van der Waals surface area contributed by atoms with Crippen LogP contribution in [0.25, 0.3) is 0 Å². The third-order valence-corrected chi connectivity index (χ3v) is 7.09. The molecular weight excluding hydrogens is 416 g/mol. The van der Waals surface area contributed by atoms with Gasteiger partial charge >= 0.3 is 6.03 Å². The van der Waals surface area contributed by atoms with Crippen molar-refractivity contribution in [3.8, 4) is 0 Å². The number of nitrogens with one attached hydrogen (secondary N) is 3. The molecule has 9 heteroatoms. The first kappa shape index (κ1) is 22.8. The van der Waals surface area contributed by atoms with Crippen LogP contribution in [0.5, 0.6) is 0 Å². The molecule has 1 aliphatic rings. The highest BCUT2D eigenvalue weighted by Gasteiger charge is 2.27. The molecule has 0 aliphatic carbocycles. The molecule has 0 radical (unpaired) electrons. The minimum atomic E-state index is -3.61. The first-order chi connectivity index (χ1) is 14.8. The van der Waals surface area contributed by atoms with Gasteiger partial charge < -0.3 is 16.0 Å². The average Bonchev–Trinajstić information content (AvgIpc) is 2.76. The van der Waals surface area contributed by atoms with Gasteiger partial charge in [0.2, 0.25) is 15.9 Å². The minimum Gasteiger partial charge on any atom is -0.326 e. The number of carbonyl (C=O) groups excluding carboxylic acids is 2. The molecule has 8 nitrogen and oxygen atoms in total. The highest BCUT2D eigenvalue weighted by atomic mass is 32.2. The number of benzene rings is 2. The second-order valence-corrected chi connectivity index (χ2v) is 9.55. The molecule has 166 valence electrons. The molecule has 2 aromatic rings. The summed E-state index contributed by atoms with van der Waals surface area (Å²) in [5.74, 6) is -0.446. The van der Waals surface area contributed by atoms with Crippen molar-refractivity contribution in [1.82, 2.24) is 9.62 Å². The van der Waals surface area contributed by atoms with E-state index in [1.807, 2.05) is 6.07 Å². The van der Waals surface area contributed by atoms with Crippen LogP contribution in [0.3, 0.4) is 0 Å². The maximum atomic E-state index is 12.9. The van der Waals surface area contributed by atoms with Crippen molar-refractivity contribution in [3.63, 3.8) is 0 Å². The van der Waals surface area contributed by atoms with Crippen LogP contribution < -0.4 is 16.0 Å². The molecule has 31 heavy (non-hydrogen) atoms. The smallest absolute Gasteiger partial charge is 0.319 e. The van der Waals surface area contributed by atoms with Gasteiger partial charge in [-0.3, -0.25) is 4.79 Å². The summed E-state index contributed by atoms with van der Waals surface area (Å²) in [5, 5.41) is 7.96. The zero-order chi connectivity index (χ0) is 22.4. The van der Waals surface area contributed by atoms with Crippen molar-refractivity contribution < 1.29 is 18.0 Å². The third kappa shape index (κ3) is 5.83. The van der Waals surface area contributed by atoms with E-state index in [0.29, 0.717) is 24.5 Å². The Balaban J connectivity index is 1.66. The average molecular weight is 445 g/mol. The normalized spacial score (nSPS) is 15.7. The number of aryl methyl sites for hydroxylation is 1. The molecular formula is C22H28N4O4S. The Morgan fingerprint density at radius 3 is 2.32 bits per heavy atom. The standard InChI is InChI=1S/C22H28N4O4S/c1-16-11-12-19(31(29,30)26-13-7-4-8-14-26)15-20(16)25-21(27)17(2)23-22(28)24-18-9-5-3-6-10-18/h3,5-6,9-12,15,17H,4,7-8,13-14H2,1-2H3,(H,25,27)(H2,23,24,28). The number of hydrogen-bond donors (Lipinski definition) is 3. The first-order valence-corrected chi connectivity index (χ1v) is 11.8. The van der Waals surface area contributed by atoms with Crippen molar-refractivity contribution in [1.29, 1.82) is 0 Å². The molecule has 2 aromatic carbocycles. The lowest BCUT2D eigenvalue weighted by Gasteiger charge is -2.26. The predicted octanol–water partition coefficient (Wildman–Crippen LogP) is 3.32. The van der Waals surface area contributed by atoms with Crippen molar-refractivity contribution in [3.05, 3.63) is 54.1 Å². The summed E-state index contributed by atoms with van der Waals surface area (Å²) in [4.78, 5) is 24.9. The van der Waals surface area contributed by atoms with Gasteiger partial charge in [0, 0.05) is 24.5 Å². The maximum Gasteiger partial charge on any atom is 0.319 e. The maximum absolute atomic E-state index is 12.9. The number of carbonyl (C=O) groups is 2. The van der Waals surface area contributed by atoms with Crippen LogP contribution in [0.15, 0.2) is 53.4 Å². The lowest BCUT2D eigenvalue weighted by molar-refractivity contribution is -0.117. The second-order valence-electron chi connectivity index (χ2n) is 7.62. The topological polar surface area (TPSA) is 108 Å². The number of hydrogen-bond acceptors (Lipinski definition) is 4. The zero-order valence-electron chi connectivity index (χ0n) is 17.7. The number of rotatable bonds is 6. The molecule has 0 aromatic heterocycles. The Labute approximate surface area is 183 Å². The fourth-order valence-electron chi connectivity index (χ4n) is 3.34. The Morgan fingerprint density at radius 2 is 1.65 bits per heavy atom. The van der Waals surface area contributed by atoms with Gasteiger partial charge in [-0.2, -0.15) is 4.31 Å². The van der Waals surface area contributed by atoms with E-state index in [0.717, 1.165) is 24.8 Å². The van der Waals surface area contributed by atoms with E-state index in [-0.39, 0.29) is 4.90 Å². The summed E-state index contributed by atoms with van der Waals surface area (Å²) in [6.07, 6.45) is 2.73. The van der Waals surface area contributed by atoms with E-state index in [1.54, 1.807) is 50.2 Å². The van der Waals surface area contributed by atoms with Gasteiger partial charge in [-0.05, 0) is 56.5 Å². The van der Waals surface area contributed by atoms with Crippen LogP contribution in [0, 0.1) is 6.92 Å². The van der Waals surface area contributed by atoms with Crippen LogP contribution in [0.1, 0.15) is 31.7 Å². The van der Waals surface area contributed by atoms with Crippen molar-refractivity contribution >= 4 is 33.3 Å². The van der Waals surface area contributed by atoms with E-state index >= 15 is 0 Å². The van der Waals surface area contributed by atoms with Gasteiger partial charge in [-0.1, -0.05) is 30.7 Å². The highest BCUT2D eigenvalue weighted by molar-refractivity contribution is 7.89. The van der Waals surface area contributed by atoms with Crippen LogP contribution >= 0.6 is 0 Å². The second kappa shape index (κ2) is 9.93. The van der Waals surface area contributed by atoms with Crippen LogP contribution in [0.4, 0.5) is 16.2 Å². The summed E-state index contributed by atoms with van der Waals surface area (Å²) < 4.78 is 27.4. The van der Waals surface area contributed by atoms with Gasteiger partial charge in [0.15, 0.2) is 0 Å². The molecule has 0 saturated carbocycles. The van der Waals surface area contributed by atoms with E-state index in [9.17, 15) is 18.0 Å². The van der Waals surface area contributed by atoms with Crippen LogP contribution in [-0.4, -0.2) is 43.8 Å². The summed E-state index contributed by atoms with van der Waals surface area (Å²) in [6.45, 7) is 4.36. The number of sulfonamides is 1. The van der Waals surface area contributed by atoms with Crippen molar-refractivity contribution in [2.45, 2.75) is 44.0 Å². The molecule has 1 heterocycles. The number of amides is 3. The van der Waals surface area contributed by atoms with Gasteiger partial charge in [-0.25, -0.2) is 13.2 Å². The lowest BCUT2D eigenvalue weighted by atomic mass is 10.2.